The topological polar surface area (TPSA) is 220 Å². The summed E-state index contributed by atoms with van der Waals surface area (Å²) in [6, 6.07) is 57.6. The van der Waals surface area contributed by atoms with Gasteiger partial charge in [-0.05, 0) is 254 Å². The quantitative estimate of drug-likeness (QED) is 0.0388. The highest BCUT2D eigenvalue weighted by Crippen LogP contribution is 2.50. The van der Waals surface area contributed by atoms with Crippen LogP contribution in [0.5, 0.6) is 57.5 Å². The van der Waals surface area contributed by atoms with Gasteiger partial charge in [-0.15, -0.1) is 0 Å². The van der Waals surface area contributed by atoms with Gasteiger partial charge in [0.2, 0.25) is 0 Å². The van der Waals surface area contributed by atoms with Crippen LogP contribution in [0.25, 0.3) is 55.6 Å². The summed E-state index contributed by atoms with van der Waals surface area (Å²) in [6.07, 6.45) is 9.26. The average molecular weight is 1660 g/mol. The van der Waals surface area contributed by atoms with E-state index in [-0.39, 0.29) is 47.2 Å². The number of methoxy groups -OCH3 is 5. The first kappa shape index (κ1) is 87.7. The second kappa shape index (κ2) is 40.6. The number of hydrogen-bond donors (Lipinski definition) is 3. The normalized spacial score (nSPS) is 16.7. The molecule has 5 aliphatic carbocycles. The molecule has 3 aliphatic heterocycles. The van der Waals surface area contributed by atoms with Crippen LogP contribution in [0.15, 0.2) is 182 Å². The molecular formula is C103H115N5O15. The molecule has 20 nitrogen and oxygen atoms in total. The molecule has 3 N–H and O–H groups in total. The van der Waals surface area contributed by atoms with Crippen molar-refractivity contribution in [3.8, 4) is 113 Å². The number of hydrogen-bond acceptors (Lipinski definition) is 20. The molecule has 123 heavy (non-hydrogen) atoms. The van der Waals surface area contributed by atoms with E-state index in [9.17, 15) is 24.0 Å². The van der Waals surface area contributed by atoms with Crippen LogP contribution in [0.4, 0.5) is 0 Å². The second-order valence-corrected chi connectivity index (χ2v) is 31.9. The molecule has 3 fully saturated rings. The molecule has 3 heterocycles. The number of carbonyl (C=O) groups is 5. The van der Waals surface area contributed by atoms with Crippen molar-refractivity contribution in [2.75, 3.05) is 114 Å². The fourth-order valence-corrected chi connectivity index (χ4v) is 18.0. The zero-order chi connectivity index (χ0) is 86.4. The molecule has 0 spiro atoms. The molecule has 18 rings (SSSR count). The van der Waals surface area contributed by atoms with Crippen LogP contribution in [-0.4, -0.2) is 183 Å². The average Bonchev–Trinajstić information content (AvgIpc) is 1.65. The lowest BCUT2D eigenvalue weighted by Crippen LogP contribution is -2.44. The molecular weight excluding hydrogens is 1550 g/mol. The van der Waals surface area contributed by atoms with Gasteiger partial charge in [0.05, 0.1) is 42.2 Å². The molecule has 3 saturated heterocycles. The van der Waals surface area contributed by atoms with Crippen molar-refractivity contribution in [1.29, 1.82) is 0 Å². The summed E-state index contributed by atoms with van der Waals surface area (Å²) in [7, 11) is 8.06. The summed E-state index contributed by atoms with van der Waals surface area (Å²) >= 11 is 0. The number of likely N-dealkylation sites (N-methyl/N-ethyl adjacent to an activating group) is 1. The minimum atomic E-state index is 0.0353. The number of piperidine rings is 1. The van der Waals surface area contributed by atoms with Gasteiger partial charge in [-0.3, -0.25) is 24.0 Å². The second-order valence-electron chi connectivity index (χ2n) is 31.9. The summed E-state index contributed by atoms with van der Waals surface area (Å²) in [5, 5.41) is 10.4. The van der Waals surface area contributed by atoms with Gasteiger partial charge in [-0.1, -0.05) is 102 Å². The summed E-state index contributed by atoms with van der Waals surface area (Å²) in [5.41, 5.74) is 16.2. The number of benzene rings is 10. The summed E-state index contributed by atoms with van der Waals surface area (Å²) < 4.78 is 57.4. The molecule has 0 bridgehead atoms. The molecule has 0 amide bonds. The first-order valence-corrected chi connectivity index (χ1v) is 43.7. The predicted octanol–water partition coefficient (Wildman–Crippen LogP) is 18.6. The third-order valence-electron chi connectivity index (χ3n) is 24.9. The Bertz CT molecular complexity index is 5480. The van der Waals surface area contributed by atoms with Crippen molar-refractivity contribution in [2.24, 2.45) is 5.92 Å². The maximum absolute atomic E-state index is 12.8. The lowest BCUT2D eigenvalue weighted by molar-refractivity contribution is 0.103. The van der Waals surface area contributed by atoms with Crippen molar-refractivity contribution in [1.82, 2.24) is 25.8 Å². The molecule has 20 heteroatoms. The number of ether oxygens (including phenoxy) is 10. The van der Waals surface area contributed by atoms with E-state index in [0.29, 0.717) is 110 Å². The molecule has 10 aromatic carbocycles. The molecule has 0 aromatic heterocycles. The molecule has 8 aliphatic rings. The Morgan fingerprint density at radius 1 is 0.341 bits per heavy atom. The molecule has 642 valence electrons. The van der Waals surface area contributed by atoms with Crippen molar-refractivity contribution in [3.05, 3.63) is 238 Å². The SMILES string of the molecule is CCC(Oc1cccc2c1-c1ccc(OC)cc1C2=O)C1CCNC1.CCN(CC)CCCOc1cccc2c1-c1ccc(OC)cc1C2=O.CCN(CC)CCOc1cccc2c1-c1ccc(OC)cc1C2=O.COc1ccc2c(c1)C(=O)c1cccc(OC(C)C3CCCCN3)c1-2.COc1ccc2c(c1)C(=O)c1cccc(OC(C)C3CCCN3)c1-2. The highest BCUT2D eigenvalue weighted by Gasteiger charge is 2.38. The third kappa shape index (κ3) is 18.8. The molecule has 6 atom stereocenters. The van der Waals surface area contributed by atoms with Crippen molar-refractivity contribution < 1.29 is 71.3 Å². The zero-order valence-electron chi connectivity index (χ0n) is 72.9. The Labute approximate surface area is 723 Å². The fraction of sp³-hybridized carbons (Fsp3) is 0.369. The smallest absolute Gasteiger partial charge is 0.194 e. The summed E-state index contributed by atoms with van der Waals surface area (Å²) in [4.78, 5) is 68.3. The van der Waals surface area contributed by atoms with Gasteiger partial charge in [0.15, 0.2) is 28.9 Å². The fourth-order valence-electron chi connectivity index (χ4n) is 18.0. The largest absolute Gasteiger partial charge is 0.497 e. The van der Waals surface area contributed by atoms with Crippen LogP contribution >= 0.6 is 0 Å². The van der Waals surface area contributed by atoms with Crippen LogP contribution < -0.4 is 63.3 Å². The lowest BCUT2D eigenvalue weighted by atomic mass is 9.98. The maximum atomic E-state index is 12.8. The van der Waals surface area contributed by atoms with Crippen molar-refractivity contribution in [3.63, 3.8) is 0 Å². The van der Waals surface area contributed by atoms with Gasteiger partial charge in [0.1, 0.15) is 82.4 Å². The van der Waals surface area contributed by atoms with Crippen molar-refractivity contribution >= 4 is 28.9 Å². The van der Waals surface area contributed by atoms with Gasteiger partial charge in [0, 0.05) is 121 Å². The van der Waals surface area contributed by atoms with Crippen LogP contribution in [0.2, 0.25) is 0 Å². The van der Waals surface area contributed by atoms with Gasteiger partial charge in [-0.2, -0.15) is 0 Å². The third-order valence-corrected chi connectivity index (χ3v) is 24.9. The van der Waals surface area contributed by atoms with Crippen LogP contribution in [-0.2, 0) is 0 Å². The Morgan fingerprint density at radius 2 is 0.667 bits per heavy atom. The van der Waals surface area contributed by atoms with Gasteiger partial charge in [-0.25, -0.2) is 0 Å². The zero-order valence-corrected chi connectivity index (χ0v) is 72.9. The van der Waals surface area contributed by atoms with E-state index in [1.54, 1.807) is 41.6 Å². The number of nitrogens with one attached hydrogen (secondary N) is 3. The van der Waals surface area contributed by atoms with Gasteiger partial charge in [0.25, 0.3) is 0 Å². The molecule has 10 aromatic rings. The highest BCUT2D eigenvalue weighted by atomic mass is 16.5. The van der Waals surface area contributed by atoms with Gasteiger partial charge >= 0.3 is 0 Å². The number of fused-ring (bicyclic) bond motifs is 15. The minimum absolute atomic E-state index is 0.0353. The Balaban J connectivity index is 0.000000125. The minimum Gasteiger partial charge on any atom is -0.497 e. The number of rotatable bonds is 28. The van der Waals surface area contributed by atoms with Crippen LogP contribution in [0.3, 0.4) is 0 Å². The molecule has 0 radical (unpaired) electrons. The van der Waals surface area contributed by atoms with Crippen LogP contribution in [0.1, 0.15) is 179 Å². The summed E-state index contributed by atoms with van der Waals surface area (Å²) in [6.45, 7) is 26.4. The lowest BCUT2D eigenvalue weighted by Gasteiger charge is -2.30. The van der Waals surface area contributed by atoms with Crippen LogP contribution in [0, 0.1) is 5.92 Å². The Kier molecular flexibility index (Phi) is 28.9. The van der Waals surface area contributed by atoms with E-state index in [0.717, 1.165) is 187 Å². The van der Waals surface area contributed by atoms with Crippen molar-refractivity contribution in [2.45, 2.75) is 130 Å². The summed E-state index contributed by atoms with van der Waals surface area (Å²) in [5.74, 6) is 8.15. The number of carbonyl (C=O) groups excluding carboxylic acids is 5. The number of nitrogens with zero attached hydrogens (tertiary/aromatic N) is 2. The molecule has 6 unspecified atom stereocenters. The first-order valence-electron chi connectivity index (χ1n) is 43.7. The predicted molar refractivity (Wildman–Crippen MR) is 483 cm³/mol. The molecule has 0 saturated carbocycles. The Hall–Kier alpha value is -11.7. The first-order chi connectivity index (χ1) is 60.0. The monoisotopic (exact) mass is 1660 g/mol. The Morgan fingerprint density at radius 3 is 0.984 bits per heavy atom. The van der Waals surface area contributed by atoms with E-state index in [2.05, 4.69) is 74.2 Å². The maximum Gasteiger partial charge on any atom is 0.194 e. The van der Waals surface area contributed by atoms with Gasteiger partial charge < -0.3 is 73.1 Å². The van der Waals surface area contributed by atoms with E-state index in [1.807, 2.05) is 176 Å². The number of ketones is 5. The van der Waals surface area contributed by atoms with E-state index < -0.39 is 0 Å². The standard InChI is InChI=1S/2C21H23NO3.C21H25NO3.C20H21NO3.C20H23NO3/c1-13(18-7-3-4-11-22-18)25-19-8-5-6-16-20(19)15-10-9-14(24-2)12-17(15)21(16)23;1-3-18(13-9-10-22-12-13)25-19-6-4-5-16-20(19)15-8-7-14(24-2)11-17(15)21(16)23;1-4-22(5-2)12-7-13-25-19-9-6-8-17-20(19)16-11-10-15(24-3)14-18(16)21(17)23;1-12(17-6-4-10-21-17)24-18-7-3-5-15-19(18)14-9-8-13(23-2)11-16(14)20(15)22;1-4-21(5-2)11-12-24-18-8-6-7-16-19(18)15-10-9-14(23-3)13-17(15)20(16)22/h5-6,8-10,12-13,18,22H,3-4,7,11H2,1-2H3;4-8,11,13,18,22H,3,9-10,12H2,1-2H3;6,8-11,14H,4-5,7,12-13H2,1-3H3;3,5,7-9,11-12,17,21H,4,6,10H2,1-2H3;6-10,13H,4-5,11-12H2,1-3H3. The van der Waals surface area contributed by atoms with E-state index in [4.69, 9.17) is 47.4 Å². The highest BCUT2D eigenvalue weighted by molar-refractivity contribution is 6.26. The van der Waals surface area contributed by atoms with E-state index in [1.165, 1.54) is 19.3 Å². The van der Waals surface area contributed by atoms with E-state index >= 15 is 0 Å².